The highest BCUT2D eigenvalue weighted by Gasteiger charge is 2.42. The Hall–Kier alpha value is -2.92. The zero-order valence-electron chi connectivity index (χ0n) is 71.8. The molecule has 0 saturated carbocycles. The topological polar surface area (TPSA) is 331 Å². The van der Waals surface area contributed by atoms with Crippen LogP contribution in [0.3, 0.4) is 0 Å². The maximum Gasteiger partial charge on any atom is 0.240 e. The van der Waals surface area contributed by atoms with Gasteiger partial charge in [-0.1, -0.05) is 41.5 Å². The number of carbonyl (C=O) groups excluding carboxylic acids is 6. The van der Waals surface area contributed by atoms with Crippen molar-refractivity contribution in [2.24, 2.45) is 65.1 Å². The summed E-state index contributed by atoms with van der Waals surface area (Å²) >= 11 is 4.11. The third kappa shape index (κ3) is 30.3. The smallest absolute Gasteiger partial charge is 0.240 e. The lowest BCUT2D eigenvalue weighted by molar-refractivity contribution is -0.135. The first kappa shape index (κ1) is 98.2. The second-order valence-electron chi connectivity index (χ2n) is 35.8. The van der Waals surface area contributed by atoms with Gasteiger partial charge in [0.2, 0.25) is 35.4 Å². The molecule has 12 fully saturated rings. The second-order valence-corrected chi connectivity index (χ2v) is 47.3. The van der Waals surface area contributed by atoms with E-state index in [2.05, 4.69) is 107 Å². The zero-order valence-corrected chi connectivity index (χ0v) is 76.7. The molecule has 114 heavy (non-hydrogen) atoms. The van der Waals surface area contributed by atoms with Crippen molar-refractivity contribution in [3.8, 4) is 0 Å². The van der Waals surface area contributed by atoms with Crippen molar-refractivity contribution < 1.29 is 62.4 Å². The van der Waals surface area contributed by atoms with Crippen molar-refractivity contribution in [3.05, 3.63) is 0 Å². The van der Waals surface area contributed by atoms with Crippen molar-refractivity contribution in [2.75, 3.05) is 184 Å². The average Bonchev–Trinajstić information content (AvgIpc) is 1.64. The van der Waals surface area contributed by atoms with Gasteiger partial charge in [0.05, 0.1) is 81.8 Å². The fraction of sp³-hybridized carbons (Fsp3) is 0.927. The van der Waals surface area contributed by atoms with Gasteiger partial charge in [-0.05, 0) is 278 Å². The number of thioether (sulfide) groups is 2. The molecule has 6 N–H and O–H groups in total. The quantitative estimate of drug-likeness (QED) is 0.0924. The minimum Gasteiger partial charge on any atom is -0.341 e. The molecule has 16 atom stereocenters. The summed E-state index contributed by atoms with van der Waals surface area (Å²) in [5.41, 5.74) is 0. The van der Waals surface area contributed by atoms with Crippen molar-refractivity contribution in [3.63, 3.8) is 0 Å². The van der Waals surface area contributed by atoms with Crippen LogP contribution < -0.4 is 31.9 Å². The molecule has 0 bridgehead atoms. The number of nitrogens with one attached hydrogen (secondary N) is 6. The van der Waals surface area contributed by atoms with Gasteiger partial charge in [0.15, 0.2) is 29.5 Å². The molecule has 12 aliphatic heterocycles. The van der Waals surface area contributed by atoms with Crippen LogP contribution in [-0.4, -0.2) is 324 Å². The molecule has 16 unspecified atom stereocenters. The number of nitrogens with zero attached hydrogens (tertiary/aromatic N) is 6. The van der Waals surface area contributed by atoms with Gasteiger partial charge < -0.3 is 61.3 Å². The van der Waals surface area contributed by atoms with Gasteiger partial charge in [0, 0.05) is 78.5 Å². The number of hydrogen-bond donors (Lipinski definition) is 6. The normalized spacial score (nSPS) is 33.9. The molecule has 0 aromatic rings. The number of sulfone groups is 4. The van der Waals surface area contributed by atoms with Gasteiger partial charge in [0.1, 0.15) is 9.84 Å². The standard InChI is InChI=1S/2C14H26N2O3S.2C14H26N2OS.2C13H24N2O3S/c1-11-5-3-7-16(14(17)13(11)15-2)9-12-6-4-8-20(18,19)10-12;1-11-4-3-7-16(14(17)13(11)15-2)10-12-5-8-20(18,19)9-6-12;1-11-5-3-7-16(14(17)13(11)15-2)9-12-6-4-8-18-10-12;1-11-4-3-7-16(14(17)13(11)15-2)10-12-5-8-18-9-6-12;1-10-5-3-7-15(13(16)12(10)14-2)9-11-6-4-8-19(11,17)18;1-10-4-3-6-15(13(16)12(10)14-2)8-11-5-7-19(17,18)9-11/h2*11-13,15H,3-10H2,1-2H3;2*11-13,15H,3-10H2,1-2H3;2*10-12,14H,3-9H2,1-2H3. The molecule has 26 nitrogen and oxygen atoms in total. The van der Waals surface area contributed by atoms with E-state index in [1.54, 1.807) is 11.9 Å². The predicted molar refractivity (Wildman–Crippen MR) is 463 cm³/mol. The summed E-state index contributed by atoms with van der Waals surface area (Å²) in [6.45, 7) is 22.0. The van der Waals surface area contributed by atoms with Crippen LogP contribution in [0.4, 0.5) is 0 Å². The summed E-state index contributed by atoms with van der Waals surface area (Å²) in [6.07, 6.45) is 23.2. The molecule has 12 heterocycles. The molecule has 660 valence electrons. The molecule has 0 aromatic carbocycles. The molecule has 12 rings (SSSR count). The Balaban J connectivity index is 0.000000190. The van der Waals surface area contributed by atoms with Gasteiger partial charge >= 0.3 is 0 Å². The highest BCUT2D eigenvalue weighted by atomic mass is 32.2. The van der Waals surface area contributed by atoms with Crippen molar-refractivity contribution >= 4 is 98.3 Å². The Labute approximate surface area is 697 Å². The van der Waals surface area contributed by atoms with Gasteiger partial charge in [-0.3, -0.25) is 28.8 Å². The van der Waals surface area contributed by atoms with Crippen LogP contribution in [0.5, 0.6) is 0 Å². The molecular formula is C82H152N12O14S6. The van der Waals surface area contributed by atoms with E-state index < -0.39 is 39.3 Å². The molecule has 0 radical (unpaired) electrons. The van der Waals surface area contributed by atoms with Crippen LogP contribution in [0.2, 0.25) is 0 Å². The fourth-order valence-electron chi connectivity index (χ4n) is 19.6. The maximum atomic E-state index is 12.5. The SMILES string of the molecule is CNC1C(=O)N(CC2CCCS(=O)(=O)C2)CCCC1C.CNC1C(=O)N(CC2CCCS2(=O)=O)CCCC1C.CNC1C(=O)N(CC2CCCSC2)CCCC1C.CNC1C(=O)N(CC2CCS(=O)(=O)C2)CCCC1C.CNC1C(=O)N(CC2CCS(=O)(=O)CC2)CCCC1C.CNC1C(=O)N(CC2CCSCC2)CCCC1C. The van der Waals surface area contributed by atoms with Crippen molar-refractivity contribution in [2.45, 2.75) is 231 Å². The number of rotatable bonds is 18. The number of likely N-dealkylation sites (tertiary alicyclic amines) is 6. The summed E-state index contributed by atoms with van der Waals surface area (Å²) in [4.78, 5) is 86.7. The van der Waals surface area contributed by atoms with Crippen LogP contribution >= 0.6 is 23.5 Å². The minimum atomic E-state index is -2.97. The van der Waals surface area contributed by atoms with Crippen LogP contribution in [0.15, 0.2) is 0 Å². The molecule has 12 aliphatic rings. The molecular weight excluding hydrogens is 1570 g/mol. The van der Waals surface area contributed by atoms with Gasteiger partial charge in [0.25, 0.3) is 0 Å². The lowest BCUT2D eigenvalue weighted by Gasteiger charge is -2.31. The number of likely N-dealkylation sites (N-methyl/N-ethyl adjacent to an activating group) is 6. The van der Waals surface area contributed by atoms with Gasteiger partial charge in [-0.2, -0.15) is 23.5 Å². The second kappa shape index (κ2) is 48.1. The lowest BCUT2D eigenvalue weighted by Crippen LogP contribution is -2.49. The Morgan fingerprint density at radius 2 is 0.561 bits per heavy atom. The third-order valence-corrected chi connectivity index (χ3v) is 36.7. The third-order valence-electron chi connectivity index (χ3n) is 26.7. The predicted octanol–water partition coefficient (Wildman–Crippen LogP) is 5.95. The zero-order chi connectivity index (χ0) is 83.5. The van der Waals surface area contributed by atoms with Crippen LogP contribution in [-0.2, 0) is 68.1 Å². The highest BCUT2D eigenvalue weighted by molar-refractivity contribution is 7.99. The Morgan fingerprint density at radius 3 is 0.868 bits per heavy atom. The van der Waals surface area contributed by atoms with E-state index in [9.17, 15) is 62.4 Å². The maximum absolute atomic E-state index is 12.5. The van der Waals surface area contributed by atoms with Crippen LogP contribution in [0, 0.1) is 65.1 Å². The van der Waals surface area contributed by atoms with E-state index in [1.165, 1.54) is 48.7 Å². The Bertz CT molecular complexity index is 3400. The molecule has 0 aliphatic carbocycles. The first-order chi connectivity index (χ1) is 54.2. The number of amides is 6. The average molecular weight is 1720 g/mol. The highest BCUT2D eigenvalue weighted by Crippen LogP contribution is 2.32. The summed E-state index contributed by atoms with van der Waals surface area (Å²) < 4.78 is 93.1. The van der Waals surface area contributed by atoms with Crippen LogP contribution in [0.25, 0.3) is 0 Å². The largest absolute Gasteiger partial charge is 0.341 e. The summed E-state index contributed by atoms with van der Waals surface area (Å²) in [6, 6.07) is -0.455. The fourth-order valence-corrected chi connectivity index (χ4v) is 29.0. The Morgan fingerprint density at radius 1 is 0.281 bits per heavy atom. The van der Waals surface area contributed by atoms with Crippen LogP contribution in [0.1, 0.15) is 189 Å². The molecule has 12 saturated heterocycles. The molecule has 0 spiro atoms. The summed E-state index contributed by atoms with van der Waals surface area (Å²) in [5, 5.41) is 18.5. The molecule has 0 aromatic heterocycles. The van der Waals surface area contributed by atoms with Crippen molar-refractivity contribution in [1.82, 2.24) is 61.3 Å². The Kier molecular flexibility index (Phi) is 41.4. The van der Waals surface area contributed by atoms with E-state index in [-0.39, 0.29) is 111 Å². The first-order valence-electron chi connectivity index (χ1n) is 43.9. The van der Waals surface area contributed by atoms with E-state index in [1.807, 2.05) is 49.9 Å². The minimum absolute atomic E-state index is 0.0312. The van der Waals surface area contributed by atoms with E-state index in [0.717, 1.165) is 161 Å². The van der Waals surface area contributed by atoms with Gasteiger partial charge in [-0.15, -0.1) is 0 Å². The lowest BCUT2D eigenvalue weighted by atomic mass is 9.97. The van der Waals surface area contributed by atoms with Gasteiger partial charge in [-0.25, -0.2) is 33.7 Å². The number of hydrogen-bond acceptors (Lipinski definition) is 22. The van der Waals surface area contributed by atoms with Crippen molar-refractivity contribution in [1.29, 1.82) is 0 Å². The van der Waals surface area contributed by atoms with E-state index >= 15 is 0 Å². The first-order valence-corrected chi connectivity index (χ1v) is 53.4. The molecule has 32 heteroatoms. The van der Waals surface area contributed by atoms with E-state index in [0.29, 0.717) is 111 Å². The summed E-state index contributed by atoms with van der Waals surface area (Å²) in [7, 11) is -0.415. The van der Waals surface area contributed by atoms with E-state index in [4.69, 9.17) is 0 Å². The molecule has 6 amide bonds. The summed E-state index contributed by atoms with van der Waals surface area (Å²) in [5.74, 6) is 12.6. The monoisotopic (exact) mass is 1720 g/mol. The number of carbonyl (C=O) groups is 6.